The van der Waals surface area contributed by atoms with Crippen molar-refractivity contribution in [3.63, 3.8) is 0 Å². The smallest absolute Gasteiger partial charge is 0.339 e. The number of ketones is 1. The van der Waals surface area contributed by atoms with Gasteiger partial charge in [-0.1, -0.05) is 91.8 Å². The molecule has 61 heavy (non-hydrogen) atoms. The van der Waals surface area contributed by atoms with Crippen LogP contribution in [0.15, 0.2) is 60.7 Å². The molecular formula is C50H69O10P. The maximum absolute atomic E-state index is 12.9. The van der Waals surface area contributed by atoms with Crippen molar-refractivity contribution in [1.29, 1.82) is 0 Å². The van der Waals surface area contributed by atoms with Crippen LogP contribution in [0.1, 0.15) is 122 Å². The molecule has 9 atom stereocenters. The van der Waals surface area contributed by atoms with E-state index >= 15 is 0 Å². The van der Waals surface area contributed by atoms with Gasteiger partial charge < -0.3 is 33.5 Å². The van der Waals surface area contributed by atoms with E-state index < -0.39 is 29.9 Å². The Kier molecular flexibility index (Phi) is 17.6. The summed E-state index contributed by atoms with van der Waals surface area (Å²) in [7, 11) is 1.08. The number of esters is 2. The molecule has 0 radical (unpaired) electrons. The molecule has 3 unspecified atom stereocenters. The molecule has 4 heterocycles. The molecule has 2 fully saturated rings. The van der Waals surface area contributed by atoms with Gasteiger partial charge in [-0.05, 0) is 124 Å². The summed E-state index contributed by atoms with van der Waals surface area (Å²) < 4.78 is 35.3. The van der Waals surface area contributed by atoms with E-state index in [1.165, 1.54) is 6.08 Å². The molecule has 0 aliphatic carbocycles. The van der Waals surface area contributed by atoms with Crippen LogP contribution in [-0.2, 0) is 33.2 Å². The minimum atomic E-state index is -0.816. The summed E-state index contributed by atoms with van der Waals surface area (Å²) in [6, 6.07) is 7.94. The lowest BCUT2D eigenvalue weighted by atomic mass is 9.96. The Morgan fingerprint density at radius 3 is 1.56 bits per heavy atom. The largest absolute Gasteiger partial charge is 0.458 e. The molecule has 4 aliphatic rings. The molecule has 0 aromatic heterocycles. The summed E-state index contributed by atoms with van der Waals surface area (Å²) in [6.45, 7) is 27.1. The fourth-order valence-electron chi connectivity index (χ4n) is 7.79. The van der Waals surface area contributed by atoms with Crippen LogP contribution in [0.3, 0.4) is 0 Å². The van der Waals surface area contributed by atoms with Gasteiger partial charge in [0.1, 0.15) is 30.5 Å². The summed E-state index contributed by atoms with van der Waals surface area (Å²) in [4.78, 5) is 38.6. The average molecular weight is 861 g/mol. The lowest BCUT2D eigenvalue weighted by molar-refractivity contribution is -0.152. The first-order valence-electron chi connectivity index (χ1n) is 21.4. The third-order valence-electron chi connectivity index (χ3n) is 11.0. The number of ether oxygens (including phenoxy) is 6. The fourth-order valence-corrected chi connectivity index (χ4v) is 7.79. The number of aliphatic hydroxyl groups excluding tert-OH is 1. The van der Waals surface area contributed by atoms with E-state index in [1.54, 1.807) is 12.2 Å². The predicted molar refractivity (Wildman–Crippen MR) is 244 cm³/mol. The van der Waals surface area contributed by atoms with Crippen LogP contribution < -0.4 is 0 Å². The lowest BCUT2D eigenvalue weighted by Gasteiger charge is -2.22. The quantitative estimate of drug-likeness (QED) is 0.155. The Balaban J connectivity index is 0.000000252. The second-order valence-corrected chi connectivity index (χ2v) is 18.7. The van der Waals surface area contributed by atoms with E-state index in [0.717, 1.165) is 42.0 Å². The zero-order valence-corrected chi connectivity index (χ0v) is 39.7. The first-order valence-corrected chi connectivity index (χ1v) is 23.4. The topological polar surface area (TPSA) is 127 Å². The van der Waals surface area contributed by atoms with Gasteiger partial charge in [-0.3, -0.25) is 4.79 Å². The second kappa shape index (κ2) is 21.5. The summed E-state index contributed by atoms with van der Waals surface area (Å²) in [5.74, 6) is -2.56. The molecule has 0 bridgehead atoms. The number of rotatable bonds is 0. The molecule has 11 heteroatoms. The molecule has 334 valence electrons. The third kappa shape index (κ3) is 13.6. The highest BCUT2D eigenvalue weighted by atomic mass is 31.1. The molecule has 1 N–H and O–H groups in total. The van der Waals surface area contributed by atoms with Crippen molar-refractivity contribution in [2.45, 2.75) is 150 Å². The molecule has 0 saturated carbocycles. The van der Waals surface area contributed by atoms with E-state index in [2.05, 4.69) is 13.3 Å². The molecule has 6 rings (SSSR count). The van der Waals surface area contributed by atoms with Crippen molar-refractivity contribution in [2.24, 2.45) is 11.8 Å². The van der Waals surface area contributed by atoms with Crippen LogP contribution in [0.4, 0.5) is 0 Å². The standard InChI is InChI=1S/C24H32O5.C24H30O5.C2H7P/c2*1-14-12-16(3)21-18(13-14)8-7-9-20-22(29-24(5,6)28-20)19(25)11-10-15(2)17(4)27-23(21)26;1-3-2/h7-8,10-13,15,17,19-20,22,25H,9H2,1-6H3;7-8,10-13,15,17,20,22H,9H2,1-6H3;3H,1-2H3/b2*8-7+,11-10-;/t15-,17+,19?,20+,22?;15-,17+,20+,22?;/m11./s1. The van der Waals surface area contributed by atoms with Crippen molar-refractivity contribution in [2.75, 3.05) is 13.3 Å². The molecule has 2 aromatic rings. The first kappa shape index (κ1) is 49.9. The number of benzene rings is 2. The summed E-state index contributed by atoms with van der Waals surface area (Å²) >= 11 is 0. The lowest BCUT2D eigenvalue weighted by Crippen LogP contribution is -2.34. The predicted octanol–water partition coefficient (Wildman–Crippen LogP) is 9.81. The maximum atomic E-state index is 12.9. The number of hydrogen-bond donors (Lipinski definition) is 1. The van der Waals surface area contributed by atoms with Gasteiger partial charge in [-0.15, -0.1) is 8.58 Å². The number of cyclic esters (lactones) is 2. The molecule has 4 aliphatic heterocycles. The van der Waals surface area contributed by atoms with Gasteiger partial charge in [0, 0.05) is 11.8 Å². The monoisotopic (exact) mass is 860 g/mol. The Hall–Kier alpha value is -3.76. The van der Waals surface area contributed by atoms with Crippen LogP contribution in [0.5, 0.6) is 0 Å². The van der Waals surface area contributed by atoms with Gasteiger partial charge in [0.2, 0.25) is 0 Å². The minimum absolute atomic E-state index is 0.0601. The molecule has 2 saturated heterocycles. The summed E-state index contributed by atoms with van der Waals surface area (Å²) in [6.07, 6.45) is 12.4. The molecule has 10 nitrogen and oxygen atoms in total. The van der Waals surface area contributed by atoms with Crippen molar-refractivity contribution in [3.05, 3.63) is 105 Å². The van der Waals surface area contributed by atoms with Crippen molar-refractivity contribution in [3.8, 4) is 0 Å². The Bertz CT molecular complexity index is 1990. The fraction of sp³-hybridized carbons (Fsp3) is 0.540. The van der Waals surface area contributed by atoms with Crippen LogP contribution >= 0.6 is 8.58 Å². The second-order valence-electron chi connectivity index (χ2n) is 17.7. The summed E-state index contributed by atoms with van der Waals surface area (Å²) in [5.41, 5.74) is 6.73. The van der Waals surface area contributed by atoms with E-state index in [0.29, 0.717) is 24.0 Å². The van der Waals surface area contributed by atoms with Crippen molar-refractivity contribution in [1.82, 2.24) is 0 Å². The zero-order chi connectivity index (χ0) is 45.4. The Morgan fingerprint density at radius 2 is 1.05 bits per heavy atom. The number of carbonyl (C=O) groups is 3. The first-order chi connectivity index (χ1) is 28.6. The molecule has 2 aromatic carbocycles. The van der Waals surface area contributed by atoms with Gasteiger partial charge in [0.25, 0.3) is 0 Å². The average Bonchev–Trinajstić information content (AvgIpc) is 3.64. The van der Waals surface area contributed by atoms with Crippen LogP contribution in [0.2, 0.25) is 0 Å². The number of aliphatic hydroxyl groups is 1. The molecular weight excluding hydrogens is 792 g/mol. The SMILES string of the molecule is CPC.Cc1cc(C)c2c(c1)/C=C/C[C@@H]1OC(C)(C)OC1C(=O)/C=C\[C@@H](C)[C@H](C)OC2=O.Cc1cc(C)c2c(c1)/C=C/C[C@@H]1OC(C)(C)OC1C(O)/C=C\[C@@H](C)[C@H](C)OC2=O. The van der Waals surface area contributed by atoms with Crippen LogP contribution in [0, 0.1) is 39.5 Å². The van der Waals surface area contributed by atoms with E-state index in [4.69, 9.17) is 28.4 Å². The van der Waals surface area contributed by atoms with Gasteiger partial charge in [-0.25, -0.2) is 9.59 Å². The Morgan fingerprint density at radius 1 is 0.607 bits per heavy atom. The highest BCUT2D eigenvalue weighted by Gasteiger charge is 2.45. The van der Waals surface area contributed by atoms with Crippen molar-refractivity contribution < 1.29 is 47.9 Å². The zero-order valence-electron chi connectivity index (χ0n) is 38.7. The highest BCUT2D eigenvalue weighted by molar-refractivity contribution is 7.35. The van der Waals surface area contributed by atoms with Crippen LogP contribution in [-0.4, -0.2) is 90.5 Å². The summed E-state index contributed by atoms with van der Waals surface area (Å²) in [5, 5.41) is 10.7. The van der Waals surface area contributed by atoms with Gasteiger partial charge in [-0.2, -0.15) is 0 Å². The van der Waals surface area contributed by atoms with Gasteiger partial charge >= 0.3 is 11.9 Å². The van der Waals surface area contributed by atoms with Gasteiger partial charge in [0.05, 0.1) is 23.3 Å². The molecule has 0 spiro atoms. The van der Waals surface area contributed by atoms with Crippen molar-refractivity contribution >= 4 is 38.5 Å². The van der Waals surface area contributed by atoms with Gasteiger partial charge in [0.15, 0.2) is 17.4 Å². The number of hydrogen-bond acceptors (Lipinski definition) is 10. The number of aryl methyl sites for hydroxylation is 4. The normalized spacial score (nSPS) is 31.9. The van der Waals surface area contributed by atoms with E-state index in [9.17, 15) is 19.5 Å². The number of carbonyl (C=O) groups excluding carboxylic acids is 3. The van der Waals surface area contributed by atoms with E-state index in [-0.39, 0.29) is 54.0 Å². The third-order valence-corrected chi connectivity index (χ3v) is 11.0. The Labute approximate surface area is 365 Å². The maximum Gasteiger partial charge on any atom is 0.339 e. The molecule has 0 amide bonds. The number of fused-ring (bicyclic) bond motifs is 4. The van der Waals surface area contributed by atoms with E-state index in [1.807, 2.05) is 138 Å². The minimum Gasteiger partial charge on any atom is -0.458 e. The van der Waals surface area contributed by atoms with Crippen LogP contribution in [0.25, 0.3) is 12.2 Å². The highest BCUT2D eigenvalue weighted by Crippen LogP contribution is 2.34.